The second kappa shape index (κ2) is 5.54. The highest BCUT2D eigenvalue weighted by Gasteiger charge is 2.32. The van der Waals surface area contributed by atoms with Crippen LogP contribution in [0.2, 0.25) is 0 Å². The summed E-state index contributed by atoms with van der Waals surface area (Å²) in [6, 6.07) is 4.87. The molecule has 5 nitrogen and oxygen atoms in total. The van der Waals surface area contributed by atoms with Gasteiger partial charge in [0, 0.05) is 18.2 Å². The summed E-state index contributed by atoms with van der Waals surface area (Å²) >= 11 is 0. The first-order valence-electron chi connectivity index (χ1n) is 6.78. The van der Waals surface area contributed by atoms with Crippen LogP contribution in [0.3, 0.4) is 0 Å². The van der Waals surface area contributed by atoms with Crippen LogP contribution in [0.1, 0.15) is 42.1 Å². The zero-order valence-electron chi connectivity index (χ0n) is 11.8. The van der Waals surface area contributed by atoms with Gasteiger partial charge in [-0.1, -0.05) is 6.92 Å². The summed E-state index contributed by atoms with van der Waals surface area (Å²) < 4.78 is 22.9. The van der Waals surface area contributed by atoms with Crippen molar-refractivity contribution in [1.29, 1.82) is 0 Å². The summed E-state index contributed by atoms with van der Waals surface area (Å²) in [6.07, 6.45) is 2.94. The van der Waals surface area contributed by atoms with Crippen LogP contribution in [-0.4, -0.2) is 31.8 Å². The van der Waals surface area contributed by atoms with Crippen LogP contribution in [0.5, 0.6) is 0 Å². The average Bonchev–Trinajstić information content (AvgIpc) is 3.17. The maximum absolute atomic E-state index is 12.5. The number of sulfonamides is 1. The quantitative estimate of drug-likeness (QED) is 0.897. The van der Waals surface area contributed by atoms with E-state index in [0.29, 0.717) is 23.7 Å². The number of rotatable bonds is 5. The minimum atomic E-state index is -3.79. The van der Waals surface area contributed by atoms with Gasteiger partial charge in [-0.2, -0.15) is 0 Å². The molecule has 0 aromatic heterocycles. The predicted octanol–water partition coefficient (Wildman–Crippen LogP) is 1.66. The molecule has 0 radical (unpaired) electrons. The molecule has 0 atom stereocenters. The maximum Gasteiger partial charge on any atom is 0.254 e. The fourth-order valence-corrected chi connectivity index (χ4v) is 2.92. The molecule has 1 aromatic rings. The molecule has 0 saturated heterocycles. The highest BCUT2D eigenvalue weighted by molar-refractivity contribution is 7.89. The highest BCUT2D eigenvalue weighted by Crippen LogP contribution is 2.29. The van der Waals surface area contributed by atoms with Gasteiger partial charge in [0.2, 0.25) is 10.0 Å². The van der Waals surface area contributed by atoms with Crippen molar-refractivity contribution in [3.05, 3.63) is 29.3 Å². The molecule has 1 aliphatic carbocycles. The number of aryl methyl sites for hydroxylation is 1. The highest BCUT2D eigenvalue weighted by atomic mass is 32.2. The molecular formula is C14H20N2O3S. The fourth-order valence-electron chi connectivity index (χ4n) is 2.28. The Balaban J connectivity index is 2.36. The molecule has 0 spiro atoms. The molecular weight excluding hydrogens is 276 g/mol. The molecule has 1 amide bonds. The maximum atomic E-state index is 12.5. The Morgan fingerprint density at radius 1 is 1.35 bits per heavy atom. The van der Waals surface area contributed by atoms with E-state index < -0.39 is 10.0 Å². The number of hydrogen-bond donors (Lipinski definition) is 1. The Morgan fingerprint density at radius 2 is 2.00 bits per heavy atom. The lowest BCUT2D eigenvalue weighted by molar-refractivity contribution is 0.0743. The molecule has 2 N–H and O–H groups in total. The third-order valence-corrected chi connectivity index (χ3v) is 4.23. The number of carbonyl (C=O) groups excluding carboxylic acids is 1. The summed E-state index contributed by atoms with van der Waals surface area (Å²) in [5.74, 6) is -0.108. The Labute approximate surface area is 119 Å². The van der Waals surface area contributed by atoms with Crippen LogP contribution >= 0.6 is 0 Å². The van der Waals surface area contributed by atoms with Crippen molar-refractivity contribution >= 4 is 15.9 Å². The lowest BCUT2D eigenvalue weighted by atomic mass is 10.1. The molecule has 2 rings (SSSR count). The number of primary sulfonamides is 1. The molecule has 6 heteroatoms. The topological polar surface area (TPSA) is 80.5 Å². The summed E-state index contributed by atoms with van der Waals surface area (Å²) in [7, 11) is -3.79. The summed E-state index contributed by atoms with van der Waals surface area (Å²) in [6.45, 7) is 4.48. The minimum Gasteiger partial charge on any atom is -0.336 e. The third-order valence-electron chi connectivity index (χ3n) is 3.34. The average molecular weight is 296 g/mol. The zero-order chi connectivity index (χ0) is 14.9. The number of amides is 1. The second-order valence-electron chi connectivity index (χ2n) is 5.31. The number of nitrogens with two attached hydrogens (primary N) is 1. The molecule has 20 heavy (non-hydrogen) atoms. The lowest BCUT2D eigenvalue weighted by Crippen LogP contribution is -2.34. The fraction of sp³-hybridized carbons (Fsp3) is 0.500. The van der Waals surface area contributed by atoms with Gasteiger partial charge >= 0.3 is 0 Å². The molecule has 0 bridgehead atoms. The van der Waals surface area contributed by atoms with E-state index in [1.807, 2.05) is 11.8 Å². The first kappa shape index (κ1) is 15.0. The van der Waals surface area contributed by atoms with Crippen molar-refractivity contribution in [2.45, 2.75) is 44.0 Å². The van der Waals surface area contributed by atoms with Crippen molar-refractivity contribution in [2.24, 2.45) is 5.14 Å². The smallest absolute Gasteiger partial charge is 0.254 e. The van der Waals surface area contributed by atoms with Gasteiger partial charge in [0.1, 0.15) is 0 Å². The second-order valence-corrected chi connectivity index (χ2v) is 6.87. The van der Waals surface area contributed by atoms with Crippen LogP contribution in [0.25, 0.3) is 0 Å². The zero-order valence-corrected chi connectivity index (χ0v) is 12.6. The van der Waals surface area contributed by atoms with E-state index in [0.717, 1.165) is 19.3 Å². The van der Waals surface area contributed by atoms with Gasteiger partial charge in [0.25, 0.3) is 5.91 Å². The Hall–Kier alpha value is -1.40. The van der Waals surface area contributed by atoms with Crippen LogP contribution in [-0.2, 0) is 10.0 Å². The number of nitrogens with zero attached hydrogens (tertiary/aromatic N) is 1. The molecule has 0 heterocycles. The number of carbonyl (C=O) groups is 1. The number of benzene rings is 1. The van der Waals surface area contributed by atoms with E-state index in [4.69, 9.17) is 5.14 Å². The van der Waals surface area contributed by atoms with Crippen molar-refractivity contribution in [3.8, 4) is 0 Å². The van der Waals surface area contributed by atoms with Crippen molar-refractivity contribution in [2.75, 3.05) is 6.54 Å². The van der Waals surface area contributed by atoms with Crippen LogP contribution in [0, 0.1) is 6.92 Å². The summed E-state index contributed by atoms with van der Waals surface area (Å²) in [4.78, 5) is 14.4. The first-order valence-corrected chi connectivity index (χ1v) is 8.33. The van der Waals surface area contributed by atoms with Crippen molar-refractivity contribution in [1.82, 2.24) is 4.90 Å². The minimum absolute atomic E-state index is 0.00639. The Kier molecular flexibility index (Phi) is 4.15. The molecule has 0 aliphatic heterocycles. The van der Waals surface area contributed by atoms with E-state index >= 15 is 0 Å². The summed E-state index contributed by atoms with van der Waals surface area (Å²) in [5, 5.41) is 5.15. The van der Waals surface area contributed by atoms with E-state index in [2.05, 4.69) is 0 Å². The predicted molar refractivity (Wildman–Crippen MR) is 76.9 cm³/mol. The Morgan fingerprint density at radius 3 is 2.50 bits per heavy atom. The van der Waals surface area contributed by atoms with E-state index in [-0.39, 0.29) is 10.8 Å². The van der Waals surface area contributed by atoms with Gasteiger partial charge in [0.15, 0.2) is 0 Å². The summed E-state index contributed by atoms with van der Waals surface area (Å²) in [5.41, 5.74) is 1.11. The third kappa shape index (κ3) is 3.37. The van der Waals surface area contributed by atoms with E-state index in [1.165, 1.54) is 12.1 Å². The van der Waals surface area contributed by atoms with E-state index in [1.54, 1.807) is 13.0 Å². The molecule has 1 saturated carbocycles. The Bertz CT molecular complexity index is 621. The standard InChI is InChI=1S/C14H20N2O3S/c1-3-6-16(12-4-5-12)14(17)11-7-10(2)8-13(9-11)20(15,18)19/h7-9,12H,3-6H2,1-2H3,(H2,15,18,19). The molecule has 1 aliphatic rings. The molecule has 1 aromatic carbocycles. The molecule has 1 fully saturated rings. The van der Waals surface area contributed by atoms with Gasteiger partial charge in [-0.15, -0.1) is 0 Å². The van der Waals surface area contributed by atoms with Gasteiger partial charge in [-0.25, -0.2) is 13.6 Å². The van der Waals surface area contributed by atoms with Gasteiger partial charge in [-0.3, -0.25) is 4.79 Å². The molecule has 0 unspecified atom stereocenters. The molecule has 110 valence electrons. The van der Waals surface area contributed by atoms with Crippen molar-refractivity contribution in [3.63, 3.8) is 0 Å². The van der Waals surface area contributed by atoms with Crippen LogP contribution < -0.4 is 5.14 Å². The normalized spacial score (nSPS) is 15.2. The largest absolute Gasteiger partial charge is 0.336 e. The monoisotopic (exact) mass is 296 g/mol. The van der Waals surface area contributed by atoms with Crippen molar-refractivity contribution < 1.29 is 13.2 Å². The van der Waals surface area contributed by atoms with E-state index in [9.17, 15) is 13.2 Å². The van der Waals surface area contributed by atoms with Crippen LogP contribution in [0.15, 0.2) is 23.1 Å². The van der Waals surface area contributed by atoms with Gasteiger partial charge in [0.05, 0.1) is 4.90 Å². The lowest BCUT2D eigenvalue weighted by Gasteiger charge is -2.22. The van der Waals surface area contributed by atoms with Gasteiger partial charge < -0.3 is 4.90 Å². The van der Waals surface area contributed by atoms with Gasteiger partial charge in [-0.05, 0) is 49.9 Å². The number of hydrogen-bond acceptors (Lipinski definition) is 3. The first-order chi connectivity index (χ1) is 9.32. The van der Waals surface area contributed by atoms with Crippen LogP contribution in [0.4, 0.5) is 0 Å². The SMILES string of the molecule is CCCN(C(=O)c1cc(C)cc(S(N)(=O)=O)c1)C1CC1.